The summed E-state index contributed by atoms with van der Waals surface area (Å²) in [6, 6.07) is 0.374. The summed E-state index contributed by atoms with van der Waals surface area (Å²) in [5.74, 6) is 0.781. The average Bonchev–Trinajstić information content (AvgIpc) is 2.40. The molecule has 2 rings (SSSR count). The van der Waals surface area contributed by atoms with Crippen molar-refractivity contribution >= 4 is 5.91 Å². The predicted octanol–water partition coefficient (Wildman–Crippen LogP) is 1.48. The zero-order valence-electron chi connectivity index (χ0n) is 12.3. The van der Waals surface area contributed by atoms with E-state index >= 15 is 0 Å². The summed E-state index contributed by atoms with van der Waals surface area (Å²) < 4.78 is 0. The molecule has 0 spiro atoms. The average molecular weight is 268 g/mol. The first-order valence-corrected chi connectivity index (χ1v) is 7.70. The van der Waals surface area contributed by atoms with Crippen LogP contribution in [0.1, 0.15) is 44.9 Å². The maximum absolute atomic E-state index is 11.7. The van der Waals surface area contributed by atoms with Gasteiger partial charge in [0.15, 0.2) is 0 Å². The van der Waals surface area contributed by atoms with Crippen molar-refractivity contribution in [2.24, 2.45) is 5.92 Å². The normalized spacial score (nSPS) is 30.3. The molecule has 0 radical (unpaired) electrons. The van der Waals surface area contributed by atoms with E-state index in [1.807, 2.05) is 14.1 Å². The Morgan fingerprint density at radius 1 is 1.16 bits per heavy atom. The maximum atomic E-state index is 11.7. The lowest BCUT2D eigenvalue weighted by Gasteiger charge is -2.41. The highest BCUT2D eigenvalue weighted by Crippen LogP contribution is 2.28. The fourth-order valence-electron chi connectivity index (χ4n) is 3.44. The predicted molar refractivity (Wildman–Crippen MR) is 75.9 cm³/mol. The van der Waals surface area contributed by atoms with Crippen LogP contribution in [-0.4, -0.2) is 60.1 Å². The number of aliphatic hydroxyl groups is 1. The van der Waals surface area contributed by atoms with E-state index in [-0.39, 0.29) is 12.0 Å². The minimum absolute atomic E-state index is 0.131. The van der Waals surface area contributed by atoms with Crippen LogP contribution < -0.4 is 0 Å². The first kappa shape index (κ1) is 14.8. The Bertz CT molecular complexity index is 299. The van der Waals surface area contributed by atoms with Gasteiger partial charge in [-0.3, -0.25) is 9.69 Å². The molecule has 1 aliphatic heterocycles. The number of amides is 1. The quantitative estimate of drug-likeness (QED) is 0.843. The molecule has 0 bridgehead atoms. The summed E-state index contributed by atoms with van der Waals surface area (Å²) >= 11 is 0. The van der Waals surface area contributed by atoms with Gasteiger partial charge in [-0.15, -0.1) is 0 Å². The van der Waals surface area contributed by atoms with Crippen LogP contribution in [0.25, 0.3) is 0 Å². The molecule has 2 fully saturated rings. The van der Waals surface area contributed by atoms with E-state index in [1.165, 1.54) is 12.8 Å². The number of carbonyl (C=O) groups is 1. The Morgan fingerprint density at radius 3 is 2.37 bits per heavy atom. The second-order valence-electron chi connectivity index (χ2n) is 6.39. The highest BCUT2D eigenvalue weighted by molar-refractivity contribution is 5.75. The maximum Gasteiger partial charge on any atom is 0.222 e. The lowest BCUT2D eigenvalue weighted by atomic mass is 9.87. The molecule has 0 aromatic heterocycles. The summed E-state index contributed by atoms with van der Waals surface area (Å²) in [6.07, 6.45) is 7.28. The monoisotopic (exact) mass is 268 g/mol. The zero-order chi connectivity index (χ0) is 13.8. The van der Waals surface area contributed by atoms with Gasteiger partial charge < -0.3 is 10.0 Å². The van der Waals surface area contributed by atoms with Crippen LogP contribution in [0.3, 0.4) is 0 Å². The van der Waals surface area contributed by atoms with Gasteiger partial charge in [-0.25, -0.2) is 0 Å². The van der Waals surface area contributed by atoms with Gasteiger partial charge >= 0.3 is 0 Å². The zero-order valence-corrected chi connectivity index (χ0v) is 12.3. The Labute approximate surface area is 116 Å². The van der Waals surface area contributed by atoms with Crippen LogP contribution >= 0.6 is 0 Å². The van der Waals surface area contributed by atoms with Crippen molar-refractivity contribution < 1.29 is 9.90 Å². The van der Waals surface area contributed by atoms with Gasteiger partial charge in [0.1, 0.15) is 0 Å². The number of aliphatic hydroxyl groups excluding tert-OH is 1. The molecule has 1 saturated carbocycles. The molecular formula is C15H28N2O2. The number of hydrogen-bond acceptors (Lipinski definition) is 3. The molecule has 0 aromatic carbocycles. The summed E-state index contributed by atoms with van der Waals surface area (Å²) in [5.41, 5.74) is 0. The van der Waals surface area contributed by atoms with Crippen LogP contribution in [0.5, 0.6) is 0 Å². The Hall–Kier alpha value is -0.610. The third-order valence-corrected chi connectivity index (χ3v) is 4.77. The molecule has 2 aliphatic rings. The van der Waals surface area contributed by atoms with Crippen molar-refractivity contribution in [3.05, 3.63) is 0 Å². The number of hydrogen-bond donors (Lipinski definition) is 1. The molecule has 1 N–H and O–H groups in total. The van der Waals surface area contributed by atoms with Crippen molar-refractivity contribution in [1.29, 1.82) is 0 Å². The second kappa shape index (κ2) is 6.71. The number of piperidine rings is 1. The highest BCUT2D eigenvalue weighted by atomic mass is 16.3. The van der Waals surface area contributed by atoms with Crippen LogP contribution in [0.4, 0.5) is 0 Å². The first-order valence-electron chi connectivity index (χ1n) is 7.70. The molecule has 4 heteroatoms. The summed E-state index contributed by atoms with van der Waals surface area (Å²) in [4.78, 5) is 15.9. The fraction of sp³-hybridized carbons (Fsp3) is 0.933. The summed E-state index contributed by atoms with van der Waals surface area (Å²) in [5, 5.41) is 10.1. The SMILES string of the molecule is CN(C)C(=O)CC1CCN(C2CCCCC2O)CC1. The topological polar surface area (TPSA) is 43.8 Å². The highest BCUT2D eigenvalue weighted by Gasteiger charge is 2.31. The molecule has 2 atom stereocenters. The lowest BCUT2D eigenvalue weighted by molar-refractivity contribution is -0.130. The number of nitrogens with zero attached hydrogens (tertiary/aromatic N) is 2. The van der Waals surface area contributed by atoms with Gasteiger partial charge in [0.2, 0.25) is 5.91 Å². The van der Waals surface area contributed by atoms with E-state index in [4.69, 9.17) is 0 Å². The molecule has 1 amide bonds. The van der Waals surface area contributed by atoms with E-state index in [9.17, 15) is 9.90 Å². The number of likely N-dealkylation sites (tertiary alicyclic amines) is 1. The molecule has 1 heterocycles. The summed E-state index contributed by atoms with van der Waals surface area (Å²) in [7, 11) is 3.66. The van der Waals surface area contributed by atoms with Gasteiger partial charge in [0.25, 0.3) is 0 Å². The van der Waals surface area contributed by atoms with Gasteiger partial charge in [0, 0.05) is 26.6 Å². The lowest BCUT2D eigenvalue weighted by Crippen LogP contribution is -2.49. The second-order valence-corrected chi connectivity index (χ2v) is 6.39. The molecule has 4 nitrogen and oxygen atoms in total. The van der Waals surface area contributed by atoms with Gasteiger partial charge in [-0.05, 0) is 44.7 Å². The third kappa shape index (κ3) is 3.93. The largest absolute Gasteiger partial charge is 0.391 e. The fourth-order valence-corrected chi connectivity index (χ4v) is 3.44. The third-order valence-electron chi connectivity index (χ3n) is 4.77. The molecule has 110 valence electrons. The van der Waals surface area contributed by atoms with Gasteiger partial charge in [-0.2, -0.15) is 0 Å². The van der Waals surface area contributed by atoms with E-state index in [0.717, 1.165) is 38.8 Å². The van der Waals surface area contributed by atoms with Crippen LogP contribution in [0, 0.1) is 5.92 Å². The number of rotatable bonds is 3. The molecule has 0 aromatic rings. The molecular weight excluding hydrogens is 240 g/mol. The Morgan fingerprint density at radius 2 is 1.79 bits per heavy atom. The van der Waals surface area contributed by atoms with Crippen molar-refractivity contribution in [2.75, 3.05) is 27.2 Å². The van der Waals surface area contributed by atoms with Crippen molar-refractivity contribution in [2.45, 2.75) is 57.1 Å². The first-order chi connectivity index (χ1) is 9.08. The van der Waals surface area contributed by atoms with Crippen molar-refractivity contribution in [3.8, 4) is 0 Å². The van der Waals surface area contributed by atoms with Crippen molar-refractivity contribution in [1.82, 2.24) is 9.80 Å². The number of carbonyl (C=O) groups excluding carboxylic acids is 1. The molecule has 1 saturated heterocycles. The Balaban J connectivity index is 1.77. The van der Waals surface area contributed by atoms with E-state index in [0.29, 0.717) is 18.4 Å². The smallest absolute Gasteiger partial charge is 0.222 e. The molecule has 1 aliphatic carbocycles. The molecule has 2 unspecified atom stereocenters. The van der Waals surface area contributed by atoms with E-state index < -0.39 is 0 Å². The van der Waals surface area contributed by atoms with E-state index in [2.05, 4.69) is 4.90 Å². The van der Waals surface area contributed by atoms with Crippen LogP contribution in [-0.2, 0) is 4.79 Å². The minimum Gasteiger partial charge on any atom is -0.391 e. The van der Waals surface area contributed by atoms with Crippen molar-refractivity contribution in [3.63, 3.8) is 0 Å². The molecule has 19 heavy (non-hydrogen) atoms. The standard InChI is InChI=1S/C15H28N2O2/c1-16(2)15(19)11-12-7-9-17(10-8-12)13-5-3-4-6-14(13)18/h12-14,18H,3-11H2,1-2H3. The van der Waals surface area contributed by atoms with Crippen LogP contribution in [0.15, 0.2) is 0 Å². The summed E-state index contributed by atoms with van der Waals surface area (Å²) in [6.45, 7) is 2.10. The van der Waals surface area contributed by atoms with Gasteiger partial charge in [-0.1, -0.05) is 12.8 Å². The van der Waals surface area contributed by atoms with E-state index in [1.54, 1.807) is 4.90 Å². The van der Waals surface area contributed by atoms with Gasteiger partial charge in [0.05, 0.1) is 6.10 Å². The Kier molecular flexibility index (Phi) is 5.22. The van der Waals surface area contributed by atoms with Crippen LogP contribution in [0.2, 0.25) is 0 Å². The minimum atomic E-state index is -0.131.